The molecular weight excluding hydrogens is 268 g/mol. The minimum absolute atomic E-state index is 0.649. The maximum atomic E-state index is 9.34. The Labute approximate surface area is 126 Å². The molecule has 0 spiro atoms. The van der Waals surface area contributed by atoms with E-state index in [4.69, 9.17) is 4.74 Å². The van der Waals surface area contributed by atoms with Crippen LogP contribution in [0.2, 0.25) is 0 Å². The average Bonchev–Trinajstić information content (AvgIpc) is 2.45. The molecule has 0 aliphatic rings. The molecule has 1 aromatic rings. The van der Waals surface area contributed by atoms with Crippen LogP contribution in [0, 0.1) is 11.3 Å². The van der Waals surface area contributed by atoms with E-state index >= 15 is 0 Å². The normalized spacial score (nSPS) is 10.9. The summed E-state index contributed by atoms with van der Waals surface area (Å²) in [5.41, 5.74) is 1.07. The van der Waals surface area contributed by atoms with Gasteiger partial charge in [-0.2, -0.15) is 5.26 Å². The number of rotatable bonds is 7. The van der Waals surface area contributed by atoms with Gasteiger partial charge in [-0.15, -0.1) is 11.8 Å². The van der Waals surface area contributed by atoms with Crippen LogP contribution in [-0.2, 0) is 0 Å². The van der Waals surface area contributed by atoms with Crippen molar-refractivity contribution in [3.05, 3.63) is 24.5 Å². The molecule has 0 saturated heterocycles. The summed E-state index contributed by atoms with van der Waals surface area (Å²) in [6.07, 6.45) is 2.98. The summed E-state index contributed by atoms with van der Waals surface area (Å²) in [5, 5.41) is 9.34. The molecule has 0 unspecified atom stereocenters. The van der Waals surface area contributed by atoms with Crippen molar-refractivity contribution in [1.29, 1.82) is 5.26 Å². The van der Waals surface area contributed by atoms with Crippen molar-refractivity contribution in [2.24, 2.45) is 0 Å². The van der Waals surface area contributed by atoms with Crippen LogP contribution >= 0.6 is 11.8 Å². The molecule has 1 aromatic heterocycles. The van der Waals surface area contributed by atoms with Crippen LogP contribution in [0.1, 0.15) is 46.2 Å². The number of nitrogens with zero attached hydrogens (tertiary/aromatic N) is 2. The second-order valence-corrected chi connectivity index (χ2v) is 5.95. The highest BCUT2D eigenvalue weighted by Gasteiger charge is 2.28. The van der Waals surface area contributed by atoms with Crippen molar-refractivity contribution in [3.63, 3.8) is 0 Å². The number of aromatic nitrogens is 1. The third-order valence-electron chi connectivity index (χ3n) is 3.19. The van der Waals surface area contributed by atoms with Crippen LogP contribution in [0.5, 0.6) is 5.75 Å². The number of nitriles is 1. The molecule has 1 heterocycles. The fourth-order valence-electron chi connectivity index (χ4n) is 1.87. The molecule has 0 fully saturated rings. The number of hydrogen-bond acceptors (Lipinski definition) is 4. The molecule has 0 saturated carbocycles. The summed E-state index contributed by atoms with van der Waals surface area (Å²) in [5.74, 6) is 1.60. The third kappa shape index (κ3) is 3.77. The van der Waals surface area contributed by atoms with E-state index in [1.165, 1.54) is 0 Å². The zero-order valence-corrected chi connectivity index (χ0v) is 13.5. The van der Waals surface area contributed by atoms with E-state index in [0.717, 1.165) is 21.9 Å². The Hall–Kier alpha value is -1.47. The lowest BCUT2D eigenvalue weighted by Gasteiger charge is -2.25. The Morgan fingerprint density at radius 3 is 2.55 bits per heavy atom. The lowest BCUT2D eigenvalue weighted by Crippen LogP contribution is -2.32. The summed E-state index contributed by atoms with van der Waals surface area (Å²) < 4.78 is 5.90. The molecule has 1 rings (SSSR count). The fraction of sp³-hybridized carbons (Fsp3) is 0.500. The lowest BCUT2D eigenvalue weighted by molar-refractivity contribution is 0.118. The minimum atomic E-state index is -0.763. The molecule has 3 nitrogen and oxygen atoms in total. The molecule has 4 heteroatoms. The van der Waals surface area contributed by atoms with Crippen LogP contribution < -0.4 is 4.74 Å². The van der Waals surface area contributed by atoms with Crippen molar-refractivity contribution in [2.45, 2.75) is 51.0 Å². The Morgan fingerprint density at radius 1 is 1.45 bits per heavy atom. The Kier molecular flexibility index (Phi) is 6.09. The van der Waals surface area contributed by atoms with Gasteiger partial charge in [-0.05, 0) is 37.2 Å². The number of hydrogen-bond donors (Lipinski definition) is 0. The van der Waals surface area contributed by atoms with Crippen molar-refractivity contribution in [3.8, 4) is 11.8 Å². The van der Waals surface area contributed by atoms with Gasteiger partial charge in [-0.3, -0.25) is 4.98 Å². The number of thioether (sulfide) groups is 1. The maximum absolute atomic E-state index is 9.34. The molecule has 0 N–H and O–H groups in total. The Bertz CT molecular complexity index is 516. The van der Waals surface area contributed by atoms with Gasteiger partial charge >= 0.3 is 0 Å². The van der Waals surface area contributed by atoms with Crippen molar-refractivity contribution in [1.82, 2.24) is 4.98 Å². The summed E-state index contributed by atoms with van der Waals surface area (Å²) in [7, 11) is 0. The minimum Gasteiger partial charge on any atom is -0.471 e. The predicted molar refractivity (Wildman–Crippen MR) is 84.9 cm³/mol. The quantitative estimate of drug-likeness (QED) is 0.683. The lowest BCUT2D eigenvalue weighted by atomic mass is 9.99. The van der Waals surface area contributed by atoms with Gasteiger partial charge in [0.15, 0.2) is 5.60 Å². The largest absolute Gasteiger partial charge is 0.471 e. The zero-order valence-electron chi connectivity index (χ0n) is 12.7. The van der Waals surface area contributed by atoms with Gasteiger partial charge in [-0.1, -0.05) is 27.4 Å². The van der Waals surface area contributed by atoms with Crippen LogP contribution in [0.25, 0.3) is 5.57 Å². The Balaban J connectivity index is 3.12. The molecule has 0 aromatic carbocycles. The van der Waals surface area contributed by atoms with Crippen molar-refractivity contribution < 1.29 is 4.74 Å². The van der Waals surface area contributed by atoms with Gasteiger partial charge in [0.05, 0.1) is 11.9 Å². The highest BCUT2D eigenvalue weighted by molar-refractivity contribution is 7.99. The van der Waals surface area contributed by atoms with E-state index in [1.54, 1.807) is 18.0 Å². The van der Waals surface area contributed by atoms with E-state index in [0.29, 0.717) is 18.6 Å². The summed E-state index contributed by atoms with van der Waals surface area (Å²) in [6.45, 7) is 11.9. The number of ether oxygens (including phenoxy) is 1. The van der Waals surface area contributed by atoms with E-state index in [1.807, 2.05) is 26.8 Å². The maximum Gasteiger partial charge on any atom is 0.193 e. The van der Waals surface area contributed by atoms with E-state index < -0.39 is 5.60 Å². The van der Waals surface area contributed by atoms with Gasteiger partial charge in [0.2, 0.25) is 0 Å². The molecule has 108 valence electrons. The number of pyridine rings is 1. The molecule has 0 atom stereocenters. The van der Waals surface area contributed by atoms with Gasteiger partial charge in [0.1, 0.15) is 11.8 Å². The first-order valence-electron chi connectivity index (χ1n) is 6.90. The third-order valence-corrected chi connectivity index (χ3v) is 4.10. The topological polar surface area (TPSA) is 45.9 Å². The standard InChI is InChI=1S/C16H22N2OS/c1-6-16(7-2,11-17)19-13-9-14(20-8-3)15(12(4)5)18-10-13/h9-10H,4,6-8H2,1-3,5H3. The van der Waals surface area contributed by atoms with Crippen LogP contribution in [0.3, 0.4) is 0 Å². The first-order chi connectivity index (χ1) is 9.51. The second kappa shape index (κ2) is 7.35. The zero-order chi connectivity index (χ0) is 15.2. The molecule has 0 bridgehead atoms. The second-order valence-electron chi connectivity index (χ2n) is 4.65. The summed E-state index contributed by atoms with van der Waals surface area (Å²) >= 11 is 1.71. The summed E-state index contributed by atoms with van der Waals surface area (Å²) in [4.78, 5) is 5.48. The first-order valence-corrected chi connectivity index (χ1v) is 7.89. The van der Waals surface area contributed by atoms with Gasteiger partial charge < -0.3 is 4.74 Å². The predicted octanol–water partition coefficient (Wildman–Crippen LogP) is 4.69. The average molecular weight is 290 g/mol. The Morgan fingerprint density at radius 2 is 2.10 bits per heavy atom. The summed E-state index contributed by atoms with van der Waals surface area (Å²) in [6, 6.07) is 4.24. The SMILES string of the molecule is C=C(C)c1ncc(OC(C#N)(CC)CC)cc1SCC. The van der Waals surface area contributed by atoms with E-state index in [-0.39, 0.29) is 0 Å². The molecule has 0 aliphatic heterocycles. The van der Waals surface area contributed by atoms with Gasteiger partial charge in [-0.25, -0.2) is 0 Å². The van der Waals surface area contributed by atoms with Crippen LogP contribution in [-0.4, -0.2) is 16.3 Å². The fourth-order valence-corrected chi connectivity index (χ4v) is 2.74. The van der Waals surface area contributed by atoms with E-state index in [9.17, 15) is 5.26 Å². The van der Waals surface area contributed by atoms with Crippen molar-refractivity contribution >= 4 is 17.3 Å². The highest BCUT2D eigenvalue weighted by Crippen LogP contribution is 2.31. The van der Waals surface area contributed by atoms with Crippen molar-refractivity contribution in [2.75, 3.05) is 5.75 Å². The van der Waals surface area contributed by atoms with Gasteiger partial charge in [0.25, 0.3) is 0 Å². The molecule has 20 heavy (non-hydrogen) atoms. The molecular formula is C16H22N2OS. The monoisotopic (exact) mass is 290 g/mol. The van der Waals surface area contributed by atoms with E-state index in [2.05, 4.69) is 24.6 Å². The van der Waals surface area contributed by atoms with Crippen LogP contribution in [0.15, 0.2) is 23.7 Å². The highest BCUT2D eigenvalue weighted by atomic mass is 32.2. The smallest absolute Gasteiger partial charge is 0.193 e. The molecule has 0 amide bonds. The molecule has 0 radical (unpaired) electrons. The molecule has 0 aliphatic carbocycles. The number of allylic oxidation sites excluding steroid dienone is 1. The first kappa shape index (κ1) is 16.6. The van der Waals surface area contributed by atoms with Gasteiger partial charge in [0, 0.05) is 4.90 Å². The van der Waals surface area contributed by atoms with Crippen LogP contribution in [0.4, 0.5) is 0 Å².